The smallest absolute Gasteiger partial charge is 0.338 e. The molecule has 170 valence electrons. The average Bonchev–Trinajstić information content (AvgIpc) is 3.27. The summed E-state index contributed by atoms with van der Waals surface area (Å²) in [6.07, 6.45) is 1.36. The Morgan fingerprint density at radius 3 is 2.55 bits per heavy atom. The van der Waals surface area contributed by atoms with Gasteiger partial charge in [0.25, 0.3) is 0 Å². The van der Waals surface area contributed by atoms with Gasteiger partial charge in [-0.2, -0.15) is 10.1 Å². The van der Waals surface area contributed by atoms with Gasteiger partial charge < -0.3 is 15.0 Å². The van der Waals surface area contributed by atoms with Crippen LogP contribution in [0.2, 0.25) is 0 Å². The molecule has 1 aromatic heterocycles. The van der Waals surface area contributed by atoms with Crippen molar-refractivity contribution in [1.82, 2.24) is 14.8 Å². The fraction of sp³-hybridized carbons (Fsp3) is 0.250. The number of rotatable bonds is 6. The summed E-state index contributed by atoms with van der Waals surface area (Å²) in [7, 11) is 0. The first-order chi connectivity index (χ1) is 15.9. The molecule has 0 unspecified atom stereocenters. The Bertz CT molecular complexity index is 1220. The molecule has 9 heteroatoms. The Morgan fingerprint density at radius 1 is 1.12 bits per heavy atom. The summed E-state index contributed by atoms with van der Waals surface area (Å²) in [4.78, 5) is 31.9. The van der Waals surface area contributed by atoms with E-state index in [4.69, 9.17) is 4.74 Å². The lowest BCUT2D eigenvalue weighted by Gasteiger charge is -2.35. The summed E-state index contributed by atoms with van der Waals surface area (Å²) >= 11 is 0. The predicted octanol–water partition coefficient (Wildman–Crippen LogP) is 3.61. The van der Waals surface area contributed by atoms with Gasteiger partial charge in [-0.05, 0) is 50.1 Å². The van der Waals surface area contributed by atoms with Crippen molar-refractivity contribution in [3.63, 3.8) is 0 Å². The monoisotopic (exact) mass is 449 g/mol. The van der Waals surface area contributed by atoms with Gasteiger partial charge in [0.1, 0.15) is 24.7 Å². The lowest BCUT2D eigenvalue weighted by atomic mass is 9.95. The molecule has 0 saturated carbocycles. The molecular formula is C24H24FN5O3. The summed E-state index contributed by atoms with van der Waals surface area (Å²) in [6.45, 7) is 5.46. The van der Waals surface area contributed by atoms with Gasteiger partial charge in [-0.15, -0.1) is 0 Å². The zero-order valence-corrected chi connectivity index (χ0v) is 18.6. The van der Waals surface area contributed by atoms with Crippen LogP contribution in [0.5, 0.6) is 0 Å². The molecular weight excluding hydrogens is 425 g/mol. The van der Waals surface area contributed by atoms with Crippen molar-refractivity contribution in [2.24, 2.45) is 0 Å². The van der Waals surface area contributed by atoms with Gasteiger partial charge in [0.15, 0.2) is 0 Å². The second-order valence-electron chi connectivity index (χ2n) is 7.63. The molecule has 1 atom stereocenters. The van der Waals surface area contributed by atoms with E-state index < -0.39 is 12.0 Å². The quantitative estimate of drug-likeness (QED) is 0.579. The second-order valence-corrected chi connectivity index (χ2v) is 7.63. The fourth-order valence-electron chi connectivity index (χ4n) is 3.89. The van der Waals surface area contributed by atoms with E-state index in [9.17, 15) is 14.0 Å². The Labute approximate surface area is 190 Å². The van der Waals surface area contributed by atoms with E-state index >= 15 is 0 Å². The van der Waals surface area contributed by atoms with Crippen molar-refractivity contribution in [1.29, 1.82) is 0 Å². The molecule has 8 nitrogen and oxygen atoms in total. The summed E-state index contributed by atoms with van der Waals surface area (Å²) < 4.78 is 20.4. The molecule has 1 aliphatic heterocycles. The van der Waals surface area contributed by atoms with Gasteiger partial charge in [-0.1, -0.05) is 30.3 Å². The zero-order chi connectivity index (χ0) is 23.5. The van der Waals surface area contributed by atoms with Gasteiger partial charge in [0.2, 0.25) is 11.9 Å². The molecule has 4 rings (SSSR count). The first kappa shape index (κ1) is 22.2. The number of nitrogens with one attached hydrogen (secondary N) is 1. The van der Waals surface area contributed by atoms with Crippen molar-refractivity contribution in [3.05, 3.63) is 83.1 Å². The Morgan fingerprint density at radius 2 is 1.85 bits per heavy atom. The van der Waals surface area contributed by atoms with Crippen molar-refractivity contribution in [2.45, 2.75) is 26.8 Å². The van der Waals surface area contributed by atoms with Crippen LogP contribution < -0.4 is 10.2 Å². The number of para-hydroxylation sites is 1. The lowest BCUT2D eigenvalue weighted by molar-refractivity contribution is -0.139. The number of fused-ring (bicyclic) bond motifs is 1. The highest BCUT2D eigenvalue weighted by Gasteiger charge is 2.38. The number of carbonyl (C=O) groups is 2. The van der Waals surface area contributed by atoms with Crippen LogP contribution in [0.1, 0.15) is 31.0 Å². The molecule has 0 fully saturated rings. The van der Waals surface area contributed by atoms with Crippen molar-refractivity contribution in [2.75, 3.05) is 23.4 Å². The standard InChI is InChI=1S/C24H24FN5O3/c1-4-33-23(32)21-16(3)29(13-20(31)28-19-8-6-5-7-15(19)2)24-26-14-27-30(24)22(21)17-9-11-18(25)12-10-17/h5-12,14,22H,4,13H2,1-3H3,(H,28,31)/t22-/m1/s1. The van der Waals surface area contributed by atoms with Crippen LogP contribution in [0.15, 0.2) is 66.1 Å². The van der Waals surface area contributed by atoms with Gasteiger partial charge >= 0.3 is 5.97 Å². The van der Waals surface area contributed by atoms with E-state index in [1.54, 1.807) is 35.6 Å². The highest BCUT2D eigenvalue weighted by atomic mass is 19.1. The van der Waals surface area contributed by atoms with Crippen LogP contribution in [0.4, 0.5) is 16.0 Å². The SMILES string of the molecule is CCOC(=O)C1=C(C)N(CC(=O)Nc2ccccc2C)c2ncnn2[C@@H]1c1ccc(F)cc1. The van der Waals surface area contributed by atoms with Gasteiger partial charge in [-0.3, -0.25) is 4.79 Å². The minimum atomic E-state index is -0.669. The first-order valence-corrected chi connectivity index (χ1v) is 10.6. The molecule has 1 aliphatic rings. The number of esters is 1. The van der Waals surface area contributed by atoms with Crippen molar-refractivity contribution >= 4 is 23.5 Å². The zero-order valence-electron chi connectivity index (χ0n) is 18.6. The van der Waals surface area contributed by atoms with Crippen LogP contribution in [0.25, 0.3) is 0 Å². The van der Waals surface area contributed by atoms with E-state index in [0.29, 0.717) is 28.5 Å². The molecule has 1 amide bonds. The summed E-state index contributed by atoms with van der Waals surface area (Å²) in [5.74, 6) is -0.799. The topological polar surface area (TPSA) is 89.3 Å². The normalized spacial score (nSPS) is 15.3. The van der Waals surface area contributed by atoms with Crippen LogP contribution in [-0.4, -0.2) is 39.8 Å². The molecule has 0 radical (unpaired) electrons. The summed E-state index contributed by atoms with van der Waals surface area (Å²) in [5, 5.41) is 7.22. The molecule has 0 saturated heterocycles. The van der Waals surface area contributed by atoms with Crippen LogP contribution in [0.3, 0.4) is 0 Å². The second kappa shape index (κ2) is 9.23. The third-order valence-corrected chi connectivity index (χ3v) is 5.51. The van der Waals surface area contributed by atoms with E-state index in [2.05, 4.69) is 15.4 Å². The number of aromatic nitrogens is 3. The van der Waals surface area contributed by atoms with Gasteiger partial charge in [-0.25, -0.2) is 13.9 Å². The van der Waals surface area contributed by atoms with E-state index in [1.807, 2.05) is 31.2 Å². The number of allylic oxidation sites excluding steroid dienone is 1. The minimum Gasteiger partial charge on any atom is -0.463 e. The predicted molar refractivity (Wildman–Crippen MR) is 121 cm³/mol. The molecule has 1 N–H and O–H groups in total. The number of anilines is 2. The number of benzene rings is 2. The van der Waals surface area contributed by atoms with Crippen LogP contribution in [-0.2, 0) is 14.3 Å². The number of carbonyl (C=O) groups excluding carboxylic acids is 2. The summed E-state index contributed by atoms with van der Waals surface area (Å²) in [6, 6.07) is 12.6. The molecule has 0 aliphatic carbocycles. The number of aryl methyl sites for hydroxylation is 1. The lowest BCUT2D eigenvalue weighted by Crippen LogP contribution is -2.41. The largest absolute Gasteiger partial charge is 0.463 e. The fourth-order valence-corrected chi connectivity index (χ4v) is 3.89. The highest BCUT2D eigenvalue weighted by molar-refractivity contribution is 5.97. The van der Waals surface area contributed by atoms with Crippen LogP contribution in [0, 0.1) is 12.7 Å². The molecule has 0 bridgehead atoms. The minimum absolute atomic E-state index is 0.0854. The third kappa shape index (κ3) is 4.34. The molecule has 2 heterocycles. The first-order valence-electron chi connectivity index (χ1n) is 10.6. The Hall–Kier alpha value is -4.01. The third-order valence-electron chi connectivity index (χ3n) is 5.51. The molecule has 0 spiro atoms. The number of amides is 1. The highest BCUT2D eigenvalue weighted by Crippen LogP contribution is 2.38. The average molecular weight is 449 g/mol. The van der Waals surface area contributed by atoms with Gasteiger partial charge in [0, 0.05) is 11.4 Å². The van der Waals surface area contributed by atoms with E-state index in [0.717, 1.165) is 5.56 Å². The van der Waals surface area contributed by atoms with E-state index in [1.165, 1.54) is 18.5 Å². The number of nitrogens with zero attached hydrogens (tertiary/aromatic N) is 4. The maximum atomic E-state index is 13.6. The van der Waals surface area contributed by atoms with Crippen LogP contribution >= 0.6 is 0 Å². The number of hydrogen-bond donors (Lipinski definition) is 1. The maximum absolute atomic E-state index is 13.6. The summed E-state index contributed by atoms with van der Waals surface area (Å²) in [5.41, 5.74) is 3.11. The van der Waals surface area contributed by atoms with Crippen molar-refractivity contribution < 1.29 is 18.7 Å². The van der Waals surface area contributed by atoms with Crippen molar-refractivity contribution in [3.8, 4) is 0 Å². The molecule has 2 aromatic carbocycles. The maximum Gasteiger partial charge on any atom is 0.338 e. The molecule has 3 aromatic rings. The Kier molecular flexibility index (Phi) is 6.21. The van der Waals surface area contributed by atoms with Gasteiger partial charge in [0.05, 0.1) is 12.2 Å². The Balaban J connectivity index is 1.74. The number of ether oxygens (including phenoxy) is 1. The number of halogens is 1. The number of hydrogen-bond acceptors (Lipinski definition) is 6. The molecule has 33 heavy (non-hydrogen) atoms. The van der Waals surface area contributed by atoms with E-state index in [-0.39, 0.29) is 24.9 Å².